The van der Waals surface area contributed by atoms with Crippen LogP contribution in [0.1, 0.15) is 19.4 Å². The van der Waals surface area contributed by atoms with Gasteiger partial charge in [0.25, 0.3) is 11.6 Å². The van der Waals surface area contributed by atoms with Gasteiger partial charge in [0.05, 0.1) is 14.3 Å². The number of non-ortho nitro benzene ring substituents is 1. The third-order valence-corrected chi connectivity index (χ3v) is 4.19. The molecule has 0 fully saturated rings. The quantitative estimate of drug-likeness (QED) is 0.257. The van der Waals surface area contributed by atoms with Crippen LogP contribution in [0.2, 0.25) is 0 Å². The van der Waals surface area contributed by atoms with Crippen LogP contribution in [0.4, 0.5) is 5.69 Å². The number of hydrogen-bond donors (Lipinski definition) is 1. The zero-order valence-electron chi connectivity index (χ0n) is 12.9. The fourth-order valence-corrected chi connectivity index (χ4v) is 3.21. The summed E-state index contributed by atoms with van der Waals surface area (Å²) in [5.41, 5.74) is -0.112. The molecule has 1 heterocycles. The molecule has 2 amide bonds. The monoisotopic (exact) mass is 427 g/mol. The predicted molar refractivity (Wildman–Crippen MR) is 93.9 cm³/mol. The van der Waals surface area contributed by atoms with E-state index in [-0.39, 0.29) is 37.5 Å². The van der Waals surface area contributed by atoms with Crippen molar-refractivity contribution in [2.45, 2.75) is 13.8 Å². The minimum absolute atomic E-state index is 0.0342. The molecule has 2 rings (SSSR count). The number of nitro groups is 1. The van der Waals surface area contributed by atoms with Gasteiger partial charge in [0, 0.05) is 31.5 Å². The summed E-state index contributed by atoms with van der Waals surface area (Å²) in [5, 5.41) is 13.5. The van der Waals surface area contributed by atoms with Crippen molar-refractivity contribution in [1.82, 2.24) is 5.32 Å². The third-order valence-electron chi connectivity index (χ3n) is 2.70. The van der Waals surface area contributed by atoms with E-state index in [1.807, 2.05) is 0 Å². The number of aliphatic imine (C=N–C) groups is 1. The second-order valence-corrected chi connectivity index (χ2v) is 6.60. The van der Waals surface area contributed by atoms with Gasteiger partial charge in [-0.25, -0.2) is 0 Å². The van der Waals surface area contributed by atoms with Crippen LogP contribution in [0, 0.1) is 10.1 Å². The van der Waals surface area contributed by atoms with Gasteiger partial charge in [-0.3, -0.25) is 24.5 Å². The standard InChI is InChI=1S/C14H10BrN3O6S/c1-6(19)16-14-17-13(21)11(25-14)4-8-3-9(18(22)23)5-10(15)12(8)24-7(2)20/h3-5H,1-2H3,(H,16,17,19,21)/b11-4+. The van der Waals surface area contributed by atoms with Crippen molar-refractivity contribution in [3.63, 3.8) is 0 Å². The average Bonchev–Trinajstić information content (AvgIpc) is 2.80. The Balaban J connectivity index is 2.47. The predicted octanol–water partition coefficient (Wildman–Crippen LogP) is 2.39. The number of amides is 2. The molecule has 130 valence electrons. The minimum atomic E-state index is -0.630. The Kier molecular flexibility index (Phi) is 5.69. The van der Waals surface area contributed by atoms with Crippen LogP contribution < -0.4 is 10.1 Å². The van der Waals surface area contributed by atoms with Gasteiger partial charge in [-0.2, -0.15) is 4.99 Å². The zero-order chi connectivity index (χ0) is 18.7. The summed E-state index contributed by atoms with van der Waals surface area (Å²) in [6.07, 6.45) is 1.31. The van der Waals surface area contributed by atoms with Crippen LogP contribution in [-0.2, 0) is 14.4 Å². The number of benzene rings is 1. The number of halogens is 1. The molecule has 1 aliphatic rings. The molecule has 0 atom stereocenters. The van der Waals surface area contributed by atoms with E-state index in [2.05, 4.69) is 26.2 Å². The molecule has 1 aromatic rings. The maximum absolute atomic E-state index is 11.9. The Morgan fingerprint density at radius 3 is 2.64 bits per heavy atom. The Morgan fingerprint density at radius 1 is 1.40 bits per heavy atom. The van der Waals surface area contributed by atoms with Crippen molar-refractivity contribution in [2.24, 2.45) is 4.99 Å². The van der Waals surface area contributed by atoms with Crippen molar-refractivity contribution < 1.29 is 24.0 Å². The number of esters is 1. The van der Waals surface area contributed by atoms with Crippen molar-refractivity contribution in [3.05, 3.63) is 37.2 Å². The molecule has 0 unspecified atom stereocenters. The van der Waals surface area contributed by atoms with Crippen LogP contribution >= 0.6 is 27.7 Å². The molecule has 0 saturated heterocycles. The summed E-state index contributed by atoms with van der Waals surface area (Å²) < 4.78 is 5.25. The smallest absolute Gasteiger partial charge is 0.308 e. The molecule has 9 nitrogen and oxygen atoms in total. The van der Waals surface area contributed by atoms with Gasteiger partial charge in [0.2, 0.25) is 5.91 Å². The average molecular weight is 428 g/mol. The normalized spacial score (nSPS) is 15.1. The summed E-state index contributed by atoms with van der Waals surface area (Å²) in [6, 6.07) is 2.35. The highest BCUT2D eigenvalue weighted by Crippen LogP contribution is 2.37. The van der Waals surface area contributed by atoms with Crippen LogP contribution in [0.3, 0.4) is 0 Å². The van der Waals surface area contributed by atoms with Crippen LogP contribution in [0.5, 0.6) is 5.75 Å². The molecule has 25 heavy (non-hydrogen) atoms. The van der Waals surface area contributed by atoms with Crippen molar-refractivity contribution in [1.29, 1.82) is 0 Å². The Bertz CT molecular complexity index is 864. The van der Waals surface area contributed by atoms with Crippen LogP contribution in [0.15, 0.2) is 26.5 Å². The third kappa shape index (κ3) is 4.73. The topological polar surface area (TPSA) is 128 Å². The van der Waals surface area contributed by atoms with Gasteiger partial charge < -0.3 is 10.1 Å². The lowest BCUT2D eigenvalue weighted by molar-refractivity contribution is -0.385. The van der Waals surface area contributed by atoms with E-state index in [9.17, 15) is 24.5 Å². The number of carbonyl (C=O) groups is 3. The number of nitrogens with zero attached hydrogens (tertiary/aromatic N) is 2. The summed E-state index contributed by atoms with van der Waals surface area (Å²) in [4.78, 5) is 48.4. The van der Waals surface area contributed by atoms with E-state index in [4.69, 9.17) is 4.74 Å². The first-order valence-electron chi connectivity index (χ1n) is 6.64. The van der Waals surface area contributed by atoms with E-state index in [0.29, 0.717) is 0 Å². The molecular weight excluding hydrogens is 418 g/mol. The van der Waals surface area contributed by atoms with E-state index in [1.54, 1.807) is 0 Å². The molecular formula is C14H10BrN3O6S. The second-order valence-electron chi connectivity index (χ2n) is 4.71. The highest BCUT2D eigenvalue weighted by Gasteiger charge is 2.24. The molecule has 0 saturated carbocycles. The number of thioether (sulfide) groups is 1. The number of rotatable bonds is 3. The fraction of sp³-hybridized carbons (Fsp3) is 0.143. The largest absolute Gasteiger partial charge is 0.425 e. The number of nitrogens with one attached hydrogen (secondary N) is 1. The Labute approximate surface area is 153 Å². The molecule has 0 aliphatic carbocycles. The molecule has 0 radical (unpaired) electrons. The first kappa shape index (κ1) is 18.8. The first-order chi connectivity index (χ1) is 11.7. The lowest BCUT2D eigenvalue weighted by Crippen LogP contribution is -2.23. The lowest BCUT2D eigenvalue weighted by atomic mass is 10.1. The van der Waals surface area contributed by atoms with E-state index >= 15 is 0 Å². The van der Waals surface area contributed by atoms with Gasteiger partial charge in [0.15, 0.2) is 10.9 Å². The van der Waals surface area contributed by atoms with Gasteiger partial charge in [-0.15, -0.1) is 0 Å². The Morgan fingerprint density at radius 2 is 2.08 bits per heavy atom. The van der Waals surface area contributed by atoms with E-state index in [1.165, 1.54) is 32.1 Å². The summed E-state index contributed by atoms with van der Waals surface area (Å²) >= 11 is 4.01. The summed E-state index contributed by atoms with van der Waals surface area (Å²) in [6.45, 7) is 2.45. The lowest BCUT2D eigenvalue weighted by Gasteiger charge is -2.09. The fourth-order valence-electron chi connectivity index (χ4n) is 1.82. The molecule has 1 N–H and O–H groups in total. The van der Waals surface area contributed by atoms with Gasteiger partial charge in [-0.05, 0) is 33.8 Å². The summed E-state index contributed by atoms with van der Waals surface area (Å²) in [7, 11) is 0. The van der Waals surface area contributed by atoms with E-state index < -0.39 is 16.8 Å². The maximum atomic E-state index is 11.9. The minimum Gasteiger partial charge on any atom is -0.425 e. The maximum Gasteiger partial charge on any atom is 0.308 e. The van der Waals surface area contributed by atoms with E-state index in [0.717, 1.165) is 11.8 Å². The second kappa shape index (κ2) is 7.57. The van der Waals surface area contributed by atoms with Crippen molar-refractivity contribution in [2.75, 3.05) is 0 Å². The van der Waals surface area contributed by atoms with Gasteiger partial charge in [-0.1, -0.05) is 0 Å². The molecule has 0 spiro atoms. The zero-order valence-corrected chi connectivity index (χ0v) is 15.3. The highest BCUT2D eigenvalue weighted by atomic mass is 79.9. The number of hydrogen-bond acceptors (Lipinski definition) is 7. The molecule has 11 heteroatoms. The molecule has 1 aliphatic heterocycles. The molecule has 1 aromatic carbocycles. The number of carbonyl (C=O) groups excluding carboxylic acids is 3. The first-order valence-corrected chi connectivity index (χ1v) is 8.25. The van der Waals surface area contributed by atoms with Gasteiger partial charge >= 0.3 is 5.97 Å². The van der Waals surface area contributed by atoms with Crippen LogP contribution in [0.25, 0.3) is 6.08 Å². The number of nitro benzene ring substituents is 1. The number of amidine groups is 1. The SMILES string of the molecule is CC(=O)NC1=NC(=O)/C(=C\c2cc([N+](=O)[O-])cc(Br)c2OC(C)=O)S1. The van der Waals surface area contributed by atoms with Crippen molar-refractivity contribution in [3.8, 4) is 5.75 Å². The van der Waals surface area contributed by atoms with Crippen LogP contribution in [-0.4, -0.2) is 27.9 Å². The summed E-state index contributed by atoms with van der Waals surface area (Å²) in [5.74, 6) is -1.61. The number of ether oxygens (including phenoxy) is 1. The van der Waals surface area contributed by atoms with Gasteiger partial charge in [0.1, 0.15) is 0 Å². The molecule has 0 bridgehead atoms. The molecule has 0 aromatic heterocycles. The highest BCUT2D eigenvalue weighted by molar-refractivity contribution is 9.10. The Hall–Kier alpha value is -2.53. The van der Waals surface area contributed by atoms with Crippen molar-refractivity contribution >= 4 is 62.4 Å².